The van der Waals surface area contributed by atoms with Crippen LogP contribution in [0, 0.1) is 5.92 Å². The molecule has 0 saturated heterocycles. The molecule has 0 rings (SSSR count). The van der Waals surface area contributed by atoms with Crippen LogP contribution in [0.2, 0.25) is 0 Å². The third-order valence-corrected chi connectivity index (χ3v) is 2.58. The Balaban J connectivity index is 4.17. The summed E-state index contributed by atoms with van der Waals surface area (Å²) in [7, 11) is 0. The average molecular weight is 271 g/mol. The molecule has 110 valence electrons. The van der Waals surface area contributed by atoms with Gasteiger partial charge in [0.25, 0.3) is 0 Å². The first kappa shape index (κ1) is 17.6. The van der Waals surface area contributed by atoms with Crippen molar-refractivity contribution in [2.24, 2.45) is 5.92 Å². The van der Waals surface area contributed by atoms with Gasteiger partial charge >= 0.3 is 5.97 Å². The van der Waals surface area contributed by atoms with Gasteiger partial charge in [0, 0.05) is 13.5 Å². The summed E-state index contributed by atoms with van der Waals surface area (Å²) >= 11 is 0. The molecule has 0 aliphatic carbocycles. The first-order valence-electron chi connectivity index (χ1n) is 6.63. The van der Waals surface area contributed by atoms with Gasteiger partial charge in [0.1, 0.15) is 6.04 Å². The Kier molecular flexibility index (Phi) is 9.80. The smallest absolute Gasteiger partial charge is 0.328 e. The van der Waals surface area contributed by atoms with Crippen molar-refractivity contribution in [2.75, 3.05) is 19.8 Å². The summed E-state index contributed by atoms with van der Waals surface area (Å²) in [5, 5.41) is 2.63. The maximum atomic E-state index is 11.7. The van der Waals surface area contributed by atoms with E-state index in [0.29, 0.717) is 26.2 Å². The molecular formula is C14H25NO4. The molecule has 5 heteroatoms. The van der Waals surface area contributed by atoms with Crippen LogP contribution in [0.3, 0.4) is 0 Å². The van der Waals surface area contributed by atoms with E-state index in [1.807, 2.05) is 6.92 Å². The highest BCUT2D eigenvalue weighted by Crippen LogP contribution is 2.12. The number of hydrogen-bond acceptors (Lipinski definition) is 4. The summed E-state index contributed by atoms with van der Waals surface area (Å²) < 4.78 is 10.3. The fourth-order valence-corrected chi connectivity index (χ4v) is 1.67. The predicted molar refractivity (Wildman–Crippen MR) is 73.7 cm³/mol. The average Bonchev–Trinajstić information content (AvgIpc) is 2.33. The monoisotopic (exact) mass is 271 g/mol. The Hall–Kier alpha value is -1.36. The third-order valence-electron chi connectivity index (χ3n) is 2.58. The lowest BCUT2D eigenvalue weighted by Gasteiger charge is -2.20. The summed E-state index contributed by atoms with van der Waals surface area (Å²) in [6.45, 7) is 10.2. The quantitative estimate of drug-likeness (QED) is 0.373. The van der Waals surface area contributed by atoms with E-state index in [-0.39, 0.29) is 17.8 Å². The number of hydrogen-bond donors (Lipinski definition) is 1. The second kappa shape index (κ2) is 10.6. The zero-order chi connectivity index (χ0) is 14.7. The van der Waals surface area contributed by atoms with Crippen LogP contribution in [-0.2, 0) is 19.1 Å². The van der Waals surface area contributed by atoms with E-state index in [4.69, 9.17) is 9.47 Å². The molecule has 0 aliphatic heterocycles. The highest BCUT2D eigenvalue weighted by atomic mass is 16.5. The molecule has 0 spiro atoms. The molecule has 1 N–H and O–H groups in total. The second-order valence-electron chi connectivity index (χ2n) is 4.50. The molecule has 0 aliphatic rings. The van der Waals surface area contributed by atoms with E-state index >= 15 is 0 Å². The molecule has 0 heterocycles. The van der Waals surface area contributed by atoms with Crippen molar-refractivity contribution in [1.82, 2.24) is 5.32 Å². The van der Waals surface area contributed by atoms with Gasteiger partial charge in [-0.1, -0.05) is 13.0 Å². The van der Waals surface area contributed by atoms with Gasteiger partial charge in [-0.2, -0.15) is 0 Å². The number of amides is 1. The van der Waals surface area contributed by atoms with Crippen molar-refractivity contribution in [3.05, 3.63) is 12.7 Å². The highest BCUT2D eigenvalue weighted by molar-refractivity contribution is 5.83. The van der Waals surface area contributed by atoms with Crippen LogP contribution in [0.4, 0.5) is 0 Å². The number of rotatable bonds is 10. The maximum Gasteiger partial charge on any atom is 0.328 e. The summed E-state index contributed by atoms with van der Waals surface area (Å²) in [5.74, 6) is -0.351. The van der Waals surface area contributed by atoms with Crippen molar-refractivity contribution in [3.63, 3.8) is 0 Å². The summed E-state index contributed by atoms with van der Waals surface area (Å²) in [6.07, 6.45) is 3.07. The molecule has 0 aromatic carbocycles. The Bertz CT molecular complexity index is 291. The van der Waals surface area contributed by atoms with Crippen LogP contribution in [0.15, 0.2) is 12.7 Å². The molecule has 0 aromatic heterocycles. The summed E-state index contributed by atoms with van der Waals surface area (Å²) in [5.41, 5.74) is 0. The number of carbonyl (C=O) groups excluding carboxylic acids is 2. The zero-order valence-corrected chi connectivity index (χ0v) is 12.1. The van der Waals surface area contributed by atoms with Gasteiger partial charge in [-0.15, -0.1) is 6.58 Å². The molecule has 5 nitrogen and oxygen atoms in total. The molecule has 0 unspecified atom stereocenters. The Labute approximate surface area is 115 Å². The van der Waals surface area contributed by atoms with Crippen LogP contribution >= 0.6 is 0 Å². The van der Waals surface area contributed by atoms with Crippen molar-refractivity contribution in [1.29, 1.82) is 0 Å². The van der Waals surface area contributed by atoms with E-state index in [2.05, 4.69) is 11.9 Å². The van der Waals surface area contributed by atoms with Crippen molar-refractivity contribution < 1.29 is 19.1 Å². The van der Waals surface area contributed by atoms with Crippen LogP contribution in [0.25, 0.3) is 0 Å². The zero-order valence-electron chi connectivity index (χ0n) is 12.1. The van der Waals surface area contributed by atoms with Gasteiger partial charge in [-0.3, -0.25) is 4.79 Å². The van der Waals surface area contributed by atoms with Gasteiger partial charge in [0.2, 0.25) is 5.91 Å². The third kappa shape index (κ3) is 9.25. The topological polar surface area (TPSA) is 64.6 Å². The lowest BCUT2D eigenvalue weighted by atomic mass is 9.99. The normalized spacial score (nSPS) is 13.4. The summed E-state index contributed by atoms with van der Waals surface area (Å²) in [4.78, 5) is 22.8. The SMILES string of the molecule is C=CCOCC[C@@H](C)C[C@H](NC(C)=O)C(=O)OCC. The number of ether oxygens (including phenoxy) is 2. The van der Waals surface area contributed by atoms with Crippen LogP contribution < -0.4 is 5.32 Å². The number of esters is 1. The minimum Gasteiger partial charge on any atom is -0.464 e. The largest absolute Gasteiger partial charge is 0.464 e. The Morgan fingerprint density at radius 3 is 2.63 bits per heavy atom. The minimum atomic E-state index is -0.577. The standard InChI is InChI=1S/C14H25NO4/c1-5-8-18-9-7-11(3)10-13(15-12(4)16)14(17)19-6-2/h5,11,13H,1,6-10H2,2-4H3,(H,15,16)/t11-,13+/m1/s1. The van der Waals surface area contributed by atoms with Gasteiger partial charge in [0.05, 0.1) is 13.2 Å². The molecule has 1 amide bonds. The fraction of sp³-hybridized carbons (Fsp3) is 0.714. The van der Waals surface area contributed by atoms with Gasteiger partial charge < -0.3 is 14.8 Å². The summed E-state index contributed by atoms with van der Waals surface area (Å²) in [6, 6.07) is -0.577. The fourth-order valence-electron chi connectivity index (χ4n) is 1.67. The molecular weight excluding hydrogens is 246 g/mol. The van der Waals surface area contributed by atoms with E-state index in [9.17, 15) is 9.59 Å². The molecule has 19 heavy (non-hydrogen) atoms. The second-order valence-corrected chi connectivity index (χ2v) is 4.50. The molecule has 0 aromatic rings. The number of carbonyl (C=O) groups is 2. The van der Waals surface area contributed by atoms with Crippen molar-refractivity contribution in [2.45, 2.75) is 39.7 Å². The maximum absolute atomic E-state index is 11.7. The van der Waals surface area contributed by atoms with E-state index < -0.39 is 6.04 Å². The van der Waals surface area contributed by atoms with Crippen LogP contribution in [0.5, 0.6) is 0 Å². The van der Waals surface area contributed by atoms with Crippen molar-refractivity contribution in [3.8, 4) is 0 Å². The Morgan fingerprint density at radius 2 is 2.11 bits per heavy atom. The lowest BCUT2D eigenvalue weighted by Crippen LogP contribution is -2.42. The van der Waals surface area contributed by atoms with Crippen molar-refractivity contribution >= 4 is 11.9 Å². The molecule has 2 atom stereocenters. The van der Waals surface area contributed by atoms with E-state index in [1.54, 1.807) is 13.0 Å². The highest BCUT2D eigenvalue weighted by Gasteiger charge is 2.22. The van der Waals surface area contributed by atoms with E-state index in [0.717, 1.165) is 6.42 Å². The molecule has 0 fully saturated rings. The molecule has 0 saturated carbocycles. The van der Waals surface area contributed by atoms with Crippen LogP contribution in [0.1, 0.15) is 33.6 Å². The minimum absolute atomic E-state index is 0.229. The first-order valence-corrected chi connectivity index (χ1v) is 6.63. The van der Waals surface area contributed by atoms with Crippen LogP contribution in [-0.4, -0.2) is 37.7 Å². The molecule has 0 radical (unpaired) electrons. The predicted octanol–water partition coefficient (Wildman–Crippen LogP) is 1.67. The van der Waals surface area contributed by atoms with Gasteiger partial charge in [-0.05, 0) is 25.7 Å². The number of nitrogens with one attached hydrogen (secondary N) is 1. The molecule has 0 bridgehead atoms. The van der Waals surface area contributed by atoms with Gasteiger partial charge in [-0.25, -0.2) is 4.79 Å². The first-order chi connectivity index (χ1) is 9.01. The van der Waals surface area contributed by atoms with E-state index in [1.165, 1.54) is 6.92 Å². The Morgan fingerprint density at radius 1 is 1.42 bits per heavy atom. The van der Waals surface area contributed by atoms with Gasteiger partial charge in [0.15, 0.2) is 0 Å². The lowest BCUT2D eigenvalue weighted by molar-refractivity contribution is -0.147.